The van der Waals surface area contributed by atoms with Gasteiger partial charge in [-0.15, -0.1) is 0 Å². The second kappa shape index (κ2) is 8.65. The van der Waals surface area contributed by atoms with E-state index in [9.17, 15) is 14.7 Å². The number of ketones is 1. The van der Waals surface area contributed by atoms with Crippen molar-refractivity contribution in [2.45, 2.75) is 52.5 Å². The highest BCUT2D eigenvalue weighted by Crippen LogP contribution is 2.39. The molecule has 0 fully saturated rings. The standard InChI is InChI=1S/C20H26BrNO3/c1-4-6-7-14(5-2)12-22-18(15-8-10-16(21)11-9-15)17(13(3)23)19(24)20(22)25/h8-11,14,18,24H,4-7,12H2,1-3H3/t14-,18+/m0/s1. The number of hydrogen-bond acceptors (Lipinski definition) is 3. The summed E-state index contributed by atoms with van der Waals surface area (Å²) in [5.74, 6) is -0.734. The number of halogens is 1. The van der Waals surface area contributed by atoms with E-state index in [1.54, 1.807) is 4.90 Å². The smallest absolute Gasteiger partial charge is 0.290 e. The van der Waals surface area contributed by atoms with Gasteiger partial charge < -0.3 is 10.0 Å². The van der Waals surface area contributed by atoms with Gasteiger partial charge in [0, 0.05) is 11.0 Å². The summed E-state index contributed by atoms with van der Waals surface area (Å²) in [6, 6.07) is 7.06. The lowest BCUT2D eigenvalue weighted by molar-refractivity contribution is -0.130. The summed E-state index contributed by atoms with van der Waals surface area (Å²) in [6.07, 6.45) is 4.23. The van der Waals surface area contributed by atoms with Gasteiger partial charge in [0.1, 0.15) is 0 Å². The first-order valence-electron chi connectivity index (χ1n) is 8.91. The number of aliphatic hydroxyl groups excluding tert-OH is 1. The Kier molecular flexibility index (Phi) is 6.82. The zero-order valence-corrected chi connectivity index (χ0v) is 16.7. The average molecular weight is 408 g/mol. The molecule has 2 atom stereocenters. The van der Waals surface area contributed by atoms with Gasteiger partial charge in [-0.25, -0.2) is 0 Å². The number of nitrogens with zero attached hydrogens (tertiary/aromatic N) is 1. The molecule has 1 heterocycles. The molecule has 0 aromatic heterocycles. The maximum atomic E-state index is 12.7. The van der Waals surface area contributed by atoms with Crippen LogP contribution in [-0.2, 0) is 9.59 Å². The minimum Gasteiger partial charge on any atom is -0.503 e. The van der Waals surface area contributed by atoms with Crippen molar-refractivity contribution < 1.29 is 14.7 Å². The Labute approximate surface area is 158 Å². The molecule has 1 amide bonds. The lowest BCUT2D eigenvalue weighted by Crippen LogP contribution is -2.35. The number of Topliss-reactive ketones (excluding diaryl/α,β-unsaturated/α-hetero) is 1. The molecule has 0 spiro atoms. The molecule has 25 heavy (non-hydrogen) atoms. The number of carbonyl (C=O) groups is 2. The second-order valence-corrected chi connectivity index (χ2v) is 7.56. The van der Waals surface area contributed by atoms with Crippen LogP contribution in [0.2, 0.25) is 0 Å². The van der Waals surface area contributed by atoms with E-state index in [2.05, 4.69) is 29.8 Å². The van der Waals surface area contributed by atoms with E-state index >= 15 is 0 Å². The molecule has 5 heteroatoms. The molecule has 0 unspecified atom stereocenters. The molecular formula is C20H26BrNO3. The highest BCUT2D eigenvalue weighted by atomic mass is 79.9. The molecular weight excluding hydrogens is 382 g/mol. The predicted octanol–water partition coefficient (Wildman–Crippen LogP) is 4.95. The number of rotatable bonds is 8. The van der Waals surface area contributed by atoms with Crippen LogP contribution >= 0.6 is 15.9 Å². The Morgan fingerprint density at radius 2 is 1.92 bits per heavy atom. The fraction of sp³-hybridized carbons (Fsp3) is 0.500. The van der Waals surface area contributed by atoms with Crippen LogP contribution in [0.15, 0.2) is 40.1 Å². The van der Waals surface area contributed by atoms with E-state index in [0.29, 0.717) is 12.5 Å². The molecule has 0 radical (unpaired) electrons. The molecule has 1 aliphatic rings. The Balaban J connectivity index is 2.37. The lowest BCUT2D eigenvalue weighted by atomic mass is 9.94. The van der Waals surface area contributed by atoms with Crippen molar-refractivity contribution in [2.75, 3.05) is 6.54 Å². The second-order valence-electron chi connectivity index (χ2n) is 6.65. The van der Waals surface area contributed by atoms with Gasteiger partial charge in [-0.1, -0.05) is 61.2 Å². The van der Waals surface area contributed by atoms with E-state index in [1.807, 2.05) is 24.3 Å². The summed E-state index contributed by atoms with van der Waals surface area (Å²) in [4.78, 5) is 26.4. The van der Waals surface area contributed by atoms with Crippen LogP contribution in [0.4, 0.5) is 0 Å². The van der Waals surface area contributed by atoms with Gasteiger partial charge >= 0.3 is 0 Å². The van der Waals surface area contributed by atoms with Crippen LogP contribution < -0.4 is 0 Å². The largest absolute Gasteiger partial charge is 0.503 e. The molecule has 4 nitrogen and oxygen atoms in total. The third-order valence-electron chi connectivity index (χ3n) is 4.87. The van der Waals surface area contributed by atoms with E-state index in [0.717, 1.165) is 35.7 Å². The first-order valence-corrected chi connectivity index (χ1v) is 9.70. The van der Waals surface area contributed by atoms with Crippen molar-refractivity contribution >= 4 is 27.6 Å². The maximum absolute atomic E-state index is 12.7. The van der Waals surface area contributed by atoms with Crippen LogP contribution in [0.5, 0.6) is 0 Å². The van der Waals surface area contributed by atoms with Gasteiger partial charge in [-0.2, -0.15) is 0 Å². The minimum absolute atomic E-state index is 0.206. The van der Waals surface area contributed by atoms with Crippen LogP contribution in [-0.4, -0.2) is 28.2 Å². The maximum Gasteiger partial charge on any atom is 0.290 e. The number of unbranched alkanes of at least 4 members (excludes halogenated alkanes) is 1. The number of hydrogen-bond donors (Lipinski definition) is 1. The molecule has 136 valence electrons. The van der Waals surface area contributed by atoms with E-state index in [4.69, 9.17) is 0 Å². The predicted molar refractivity (Wildman–Crippen MR) is 102 cm³/mol. The summed E-state index contributed by atoms with van der Waals surface area (Å²) < 4.78 is 0.930. The van der Waals surface area contributed by atoms with Gasteiger partial charge in [0.05, 0.1) is 11.6 Å². The highest BCUT2D eigenvalue weighted by Gasteiger charge is 2.42. The van der Waals surface area contributed by atoms with Crippen molar-refractivity contribution in [1.82, 2.24) is 4.90 Å². The summed E-state index contributed by atoms with van der Waals surface area (Å²) in [5, 5.41) is 10.3. The van der Waals surface area contributed by atoms with Crippen molar-refractivity contribution in [3.05, 3.63) is 45.6 Å². The summed E-state index contributed by atoms with van der Waals surface area (Å²) in [6.45, 7) is 6.23. The number of amides is 1. The normalized spacial score (nSPS) is 18.8. The Bertz CT molecular complexity index is 666. The molecule has 0 aliphatic carbocycles. The van der Waals surface area contributed by atoms with Gasteiger partial charge in [0.25, 0.3) is 5.91 Å². The Morgan fingerprint density at radius 3 is 2.44 bits per heavy atom. The van der Waals surface area contributed by atoms with E-state index < -0.39 is 17.7 Å². The number of carbonyl (C=O) groups excluding carboxylic acids is 2. The van der Waals surface area contributed by atoms with E-state index in [-0.39, 0.29) is 11.4 Å². The molecule has 0 saturated carbocycles. The zero-order valence-electron chi connectivity index (χ0n) is 15.1. The first kappa shape index (κ1) is 19.7. The molecule has 2 rings (SSSR count). The number of aliphatic hydroxyl groups is 1. The molecule has 1 aromatic carbocycles. The summed E-state index contributed by atoms with van der Waals surface area (Å²) in [7, 11) is 0. The fourth-order valence-electron chi connectivity index (χ4n) is 3.39. The zero-order chi connectivity index (χ0) is 18.6. The van der Waals surface area contributed by atoms with Crippen LogP contribution in [0.3, 0.4) is 0 Å². The summed E-state index contributed by atoms with van der Waals surface area (Å²) in [5.41, 5.74) is 1.05. The highest BCUT2D eigenvalue weighted by molar-refractivity contribution is 9.10. The molecule has 0 saturated heterocycles. The average Bonchev–Trinajstić information content (AvgIpc) is 2.84. The monoisotopic (exact) mass is 407 g/mol. The minimum atomic E-state index is -0.506. The Morgan fingerprint density at radius 1 is 1.28 bits per heavy atom. The third kappa shape index (κ3) is 4.32. The first-order chi connectivity index (χ1) is 11.9. The van der Waals surface area contributed by atoms with Crippen molar-refractivity contribution in [3.63, 3.8) is 0 Å². The SMILES string of the molecule is CCCC[C@H](CC)CN1C(=O)C(O)=C(C(C)=O)[C@H]1c1ccc(Br)cc1. The summed E-state index contributed by atoms with van der Waals surface area (Å²) >= 11 is 3.41. The number of benzene rings is 1. The van der Waals surface area contributed by atoms with Crippen LogP contribution in [0.25, 0.3) is 0 Å². The van der Waals surface area contributed by atoms with Gasteiger partial charge in [-0.05, 0) is 37.0 Å². The fourth-order valence-corrected chi connectivity index (χ4v) is 3.65. The molecule has 1 aromatic rings. The van der Waals surface area contributed by atoms with Crippen molar-refractivity contribution in [1.29, 1.82) is 0 Å². The van der Waals surface area contributed by atoms with Crippen LogP contribution in [0, 0.1) is 5.92 Å². The van der Waals surface area contributed by atoms with Gasteiger partial charge in [0.15, 0.2) is 11.5 Å². The Hall–Kier alpha value is -1.62. The van der Waals surface area contributed by atoms with Crippen molar-refractivity contribution in [3.8, 4) is 0 Å². The third-order valence-corrected chi connectivity index (χ3v) is 5.40. The van der Waals surface area contributed by atoms with Crippen molar-refractivity contribution in [2.24, 2.45) is 5.92 Å². The molecule has 1 N–H and O–H groups in total. The quantitative estimate of drug-likeness (QED) is 0.662. The van der Waals surface area contributed by atoms with Gasteiger partial charge in [-0.3, -0.25) is 9.59 Å². The van der Waals surface area contributed by atoms with E-state index in [1.165, 1.54) is 6.92 Å². The topological polar surface area (TPSA) is 57.6 Å². The molecule has 0 bridgehead atoms. The molecule has 1 aliphatic heterocycles. The lowest BCUT2D eigenvalue weighted by Gasteiger charge is -2.30. The van der Waals surface area contributed by atoms with Gasteiger partial charge in [0.2, 0.25) is 0 Å². The van der Waals surface area contributed by atoms with Crippen LogP contribution in [0.1, 0.15) is 58.1 Å².